The first-order valence-corrected chi connectivity index (χ1v) is 12.1. The standard InChI is InChI=1S/C29H33N5/c1-21(2)20-34-26-24-16-10-11-17-25(24)33-29(27(26)32-28(34)30-3,18-22-12-6-4-7-13-22)31-19-23-14-8-5-9-15-23/h4-17,21,28,30-31H,18-20H2,1-3H3. The molecule has 0 fully saturated rings. The second kappa shape index (κ2) is 9.53. The zero-order valence-corrected chi connectivity index (χ0v) is 20.2. The van der Waals surface area contributed by atoms with Crippen molar-refractivity contribution in [3.8, 4) is 0 Å². The average molecular weight is 452 g/mol. The maximum absolute atomic E-state index is 5.40. The highest BCUT2D eigenvalue weighted by atomic mass is 15.4. The van der Waals surface area contributed by atoms with Crippen molar-refractivity contribution in [2.45, 2.75) is 38.8 Å². The molecule has 0 aliphatic carbocycles. The van der Waals surface area contributed by atoms with Crippen LogP contribution in [0.1, 0.15) is 25.0 Å². The summed E-state index contributed by atoms with van der Waals surface area (Å²) in [7, 11) is 1.99. The molecule has 0 amide bonds. The zero-order chi connectivity index (χ0) is 23.5. The maximum atomic E-state index is 5.40. The number of nitrogens with zero attached hydrogens (tertiary/aromatic N) is 3. The molecule has 34 heavy (non-hydrogen) atoms. The van der Waals surface area contributed by atoms with E-state index in [1.807, 2.05) is 7.05 Å². The molecule has 2 aliphatic heterocycles. The zero-order valence-electron chi connectivity index (χ0n) is 20.2. The number of hydrogen-bond donors (Lipinski definition) is 2. The number of aliphatic imine (C=N–C) groups is 1. The summed E-state index contributed by atoms with van der Waals surface area (Å²) in [6.45, 7) is 6.15. The maximum Gasteiger partial charge on any atom is 0.176 e. The van der Waals surface area contributed by atoms with Gasteiger partial charge >= 0.3 is 0 Å². The Balaban J connectivity index is 1.68. The summed E-state index contributed by atoms with van der Waals surface area (Å²) >= 11 is 0. The topological polar surface area (TPSA) is 52.0 Å². The van der Waals surface area contributed by atoms with Crippen molar-refractivity contribution in [2.24, 2.45) is 15.9 Å². The largest absolute Gasteiger partial charge is 0.335 e. The number of benzene rings is 3. The molecule has 3 aromatic carbocycles. The van der Waals surface area contributed by atoms with Gasteiger partial charge in [0.15, 0.2) is 12.0 Å². The summed E-state index contributed by atoms with van der Waals surface area (Å²) in [5.41, 5.74) is 4.01. The van der Waals surface area contributed by atoms with Crippen LogP contribution in [-0.2, 0) is 13.0 Å². The summed E-state index contributed by atoms with van der Waals surface area (Å²) in [5, 5.41) is 9.46. The Morgan fingerprint density at radius 2 is 1.53 bits per heavy atom. The molecule has 0 saturated carbocycles. The molecule has 3 aromatic rings. The van der Waals surface area contributed by atoms with E-state index in [0.29, 0.717) is 12.5 Å². The van der Waals surface area contributed by atoms with E-state index in [2.05, 4.69) is 114 Å². The molecule has 5 rings (SSSR count). The first-order chi connectivity index (χ1) is 16.6. The number of hydrogen-bond acceptors (Lipinski definition) is 5. The summed E-state index contributed by atoms with van der Waals surface area (Å²) in [6, 6.07) is 29.6. The van der Waals surface area contributed by atoms with Gasteiger partial charge in [-0.3, -0.25) is 15.6 Å². The lowest BCUT2D eigenvalue weighted by Crippen LogP contribution is -2.59. The van der Waals surface area contributed by atoms with Crippen LogP contribution in [0, 0.1) is 5.92 Å². The van der Waals surface area contributed by atoms with Crippen LogP contribution in [0.25, 0.3) is 5.70 Å². The highest BCUT2D eigenvalue weighted by Gasteiger charge is 2.46. The van der Waals surface area contributed by atoms with E-state index in [-0.39, 0.29) is 6.29 Å². The second-order valence-corrected chi connectivity index (χ2v) is 9.53. The third kappa shape index (κ3) is 4.29. The Labute approximate surface area is 202 Å². The minimum absolute atomic E-state index is 0.109. The predicted molar refractivity (Wildman–Crippen MR) is 139 cm³/mol. The van der Waals surface area contributed by atoms with Gasteiger partial charge in [0.25, 0.3) is 0 Å². The van der Waals surface area contributed by atoms with Gasteiger partial charge in [-0.25, -0.2) is 4.99 Å². The third-order valence-electron chi connectivity index (χ3n) is 6.47. The minimum Gasteiger partial charge on any atom is -0.335 e. The van der Waals surface area contributed by atoms with Crippen molar-refractivity contribution in [1.29, 1.82) is 0 Å². The van der Waals surface area contributed by atoms with Gasteiger partial charge in [-0.1, -0.05) is 92.7 Å². The molecule has 2 atom stereocenters. The van der Waals surface area contributed by atoms with E-state index in [1.165, 1.54) is 16.8 Å². The average Bonchev–Trinajstić information content (AvgIpc) is 3.23. The van der Waals surface area contributed by atoms with Crippen LogP contribution in [0.2, 0.25) is 0 Å². The van der Waals surface area contributed by atoms with Crippen molar-refractivity contribution in [3.63, 3.8) is 0 Å². The fourth-order valence-corrected chi connectivity index (χ4v) is 4.98. The van der Waals surface area contributed by atoms with Crippen LogP contribution in [0.5, 0.6) is 0 Å². The molecule has 0 bridgehead atoms. The van der Waals surface area contributed by atoms with E-state index < -0.39 is 5.66 Å². The van der Waals surface area contributed by atoms with Crippen LogP contribution < -0.4 is 21.2 Å². The van der Waals surface area contributed by atoms with E-state index in [9.17, 15) is 0 Å². The number of rotatable bonds is 8. The van der Waals surface area contributed by atoms with Crippen LogP contribution in [0.4, 0.5) is 0 Å². The Kier molecular flexibility index (Phi) is 6.31. The van der Waals surface area contributed by atoms with Crippen molar-refractivity contribution < 1.29 is 0 Å². The summed E-state index contributed by atoms with van der Waals surface area (Å²) in [6.07, 6.45) is 0.617. The summed E-state index contributed by atoms with van der Waals surface area (Å²) in [4.78, 5) is 13.1. The van der Waals surface area contributed by atoms with Gasteiger partial charge in [-0.15, -0.1) is 0 Å². The number of para-hydroxylation sites is 1. The molecule has 0 aromatic heterocycles. The van der Waals surface area contributed by atoms with Crippen LogP contribution in [0.15, 0.2) is 94.9 Å². The molecule has 2 aliphatic rings. The molecule has 0 saturated heterocycles. The molecule has 174 valence electrons. The Morgan fingerprint density at radius 1 is 0.882 bits per heavy atom. The van der Waals surface area contributed by atoms with Gasteiger partial charge in [0.05, 0.1) is 11.1 Å². The fraction of sp³-hybridized carbons (Fsp3) is 0.310. The van der Waals surface area contributed by atoms with Gasteiger partial charge in [0, 0.05) is 24.7 Å². The molecule has 2 unspecified atom stereocenters. The molecule has 5 nitrogen and oxygen atoms in total. The molecule has 5 heteroatoms. The van der Waals surface area contributed by atoms with Crippen molar-refractivity contribution in [3.05, 3.63) is 107 Å². The molecule has 2 N–H and O–H groups in total. The van der Waals surface area contributed by atoms with E-state index >= 15 is 0 Å². The third-order valence-corrected chi connectivity index (χ3v) is 6.47. The van der Waals surface area contributed by atoms with E-state index in [0.717, 1.165) is 29.3 Å². The van der Waals surface area contributed by atoms with Crippen LogP contribution in [-0.4, -0.2) is 36.2 Å². The van der Waals surface area contributed by atoms with Gasteiger partial charge in [0.2, 0.25) is 0 Å². The highest BCUT2D eigenvalue weighted by molar-refractivity contribution is 6.24. The first kappa shape index (κ1) is 22.5. The Morgan fingerprint density at radius 3 is 2.21 bits per heavy atom. The Bertz CT molecular complexity index is 1280. The first-order valence-electron chi connectivity index (χ1n) is 12.1. The quantitative estimate of drug-likeness (QED) is 0.554. The monoisotopic (exact) mass is 451 g/mol. The summed E-state index contributed by atoms with van der Waals surface area (Å²) < 4.78 is 0. The Hall–Kier alpha value is -3.28. The van der Waals surface area contributed by atoms with E-state index in [1.54, 1.807) is 0 Å². The molecule has 0 spiro atoms. The van der Waals surface area contributed by atoms with Crippen LogP contribution in [0.3, 0.4) is 0 Å². The minimum atomic E-state index is -0.665. The predicted octanol–water partition coefficient (Wildman–Crippen LogP) is 3.07. The second-order valence-electron chi connectivity index (χ2n) is 9.53. The molecule has 2 heterocycles. The normalized spacial score (nSPS) is 21.2. The van der Waals surface area contributed by atoms with Crippen molar-refractivity contribution in [1.82, 2.24) is 15.5 Å². The lowest BCUT2D eigenvalue weighted by Gasteiger charge is -2.36. The number of nitrogens with one attached hydrogen (secondary N) is 2. The van der Waals surface area contributed by atoms with Crippen molar-refractivity contribution in [2.75, 3.05) is 13.6 Å². The molecular weight excluding hydrogens is 418 g/mol. The fourth-order valence-electron chi connectivity index (χ4n) is 4.98. The van der Waals surface area contributed by atoms with Crippen molar-refractivity contribution >= 4 is 11.4 Å². The van der Waals surface area contributed by atoms with Gasteiger partial charge < -0.3 is 4.90 Å². The lowest BCUT2D eigenvalue weighted by molar-refractivity contribution is 0.258. The molecular formula is C29H33N5. The lowest BCUT2D eigenvalue weighted by atomic mass is 9.89. The number of fused-ring (bicyclic) bond motifs is 2. The highest BCUT2D eigenvalue weighted by Crippen LogP contribution is 2.32. The smallest absolute Gasteiger partial charge is 0.176 e. The SMILES string of the molecule is CNC1N=C2C(=c3ccccc3=NC2(Cc2ccccc2)NCc2ccccc2)N1CC(C)C. The summed E-state index contributed by atoms with van der Waals surface area (Å²) in [5.74, 6) is 0.504. The van der Waals surface area contributed by atoms with E-state index in [4.69, 9.17) is 9.98 Å². The van der Waals surface area contributed by atoms with Crippen LogP contribution >= 0.6 is 0 Å². The molecule has 0 radical (unpaired) electrons. The van der Waals surface area contributed by atoms with Gasteiger partial charge in [-0.2, -0.15) is 0 Å². The van der Waals surface area contributed by atoms with Gasteiger partial charge in [0.1, 0.15) is 5.71 Å². The van der Waals surface area contributed by atoms with Gasteiger partial charge in [-0.05, 0) is 30.2 Å².